The molecule has 5 heteroatoms. The fraction of sp³-hybridized carbons (Fsp3) is 0.214. The van der Waals surface area contributed by atoms with E-state index in [1.165, 1.54) is 0 Å². The van der Waals surface area contributed by atoms with Crippen LogP contribution in [0.3, 0.4) is 0 Å². The van der Waals surface area contributed by atoms with Crippen LogP contribution < -0.4 is 10.1 Å². The van der Waals surface area contributed by atoms with E-state index in [1.54, 1.807) is 49.6 Å². The van der Waals surface area contributed by atoms with E-state index >= 15 is 0 Å². The first kappa shape index (κ1) is 13.5. The standard InChI is InChI=1S/C14H14ClNO3/c1-10(19-12-6-4-11(15)5-7-12)14(17)16-9-13-3-2-8-18-13/h2-8,10H,9H2,1H3,(H,16,17)/t10-/m1/s1. The van der Waals surface area contributed by atoms with Crippen molar-refractivity contribution in [3.05, 3.63) is 53.4 Å². The summed E-state index contributed by atoms with van der Waals surface area (Å²) in [4.78, 5) is 11.8. The third kappa shape index (κ3) is 4.03. The topological polar surface area (TPSA) is 51.5 Å². The molecule has 4 nitrogen and oxygen atoms in total. The average molecular weight is 280 g/mol. The summed E-state index contributed by atoms with van der Waals surface area (Å²) in [5.74, 6) is 1.10. The molecule has 0 aliphatic rings. The zero-order valence-corrected chi connectivity index (χ0v) is 11.2. The van der Waals surface area contributed by atoms with E-state index in [4.69, 9.17) is 20.8 Å². The van der Waals surface area contributed by atoms with E-state index in [9.17, 15) is 4.79 Å². The first-order chi connectivity index (χ1) is 9.15. The molecule has 0 unspecified atom stereocenters. The lowest BCUT2D eigenvalue weighted by molar-refractivity contribution is -0.127. The second kappa shape index (κ2) is 6.29. The number of ether oxygens (including phenoxy) is 1. The molecule has 1 amide bonds. The van der Waals surface area contributed by atoms with Crippen LogP contribution in [0.2, 0.25) is 5.02 Å². The molecule has 1 atom stereocenters. The quantitative estimate of drug-likeness (QED) is 0.915. The molecule has 100 valence electrons. The Labute approximate surface area is 116 Å². The second-order valence-corrected chi connectivity index (χ2v) is 4.45. The molecule has 1 aromatic carbocycles. The van der Waals surface area contributed by atoms with Crippen molar-refractivity contribution in [2.24, 2.45) is 0 Å². The number of rotatable bonds is 5. The third-order valence-corrected chi connectivity index (χ3v) is 2.76. The van der Waals surface area contributed by atoms with E-state index in [0.29, 0.717) is 23.1 Å². The van der Waals surface area contributed by atoms with Gasteiger partial charge in [0.15, 0.2) is 6.10 Å². The van der Waals surface area contributed by atoms with Crippen LogP contribution in [0.15, 0.2) is 47.1 Å². The molecule has 2 rings (SSSR count). The van der Waals surface area contributed by atoms with Gasteiger partial charge in [-0.3, -0.25) is 4.79 Å². The Kier molecular flexibility index (Phi) is 4.47. The van der Waals surface area contributed by atoms with Crippen LogP contribution in [0.5, 0.6) is 5.75 Å². The minimum atomic E-state index is -0.587. The van der Waals surface area contributed by atoms with Gasteiger partial charge in [-0.1, -0.05) is 11.6 Å². The predicted octanol–water partition coefficient (Wildman–Crippen LogP) is 3.02. The summed E-state index contributed by atoms with van der Waals surface area (Å²) >= 11 is 5.77. The van der Waals surface area contributed by atoms with Gasteiger partial charge in [-0.15, -0.1) is 0 Å². The van der Waals surface area contributed by atoms with Crippen LogP contribution in [0.1, 0.15) is 12.7 Å². The van der Waals surface area contributed by atoms with Gasteiger partial charge < -0.3 is 14.5 Å². The molecule has 1 heterocycles. The fourth-order valence-corrected chi connectivity index (χ4v) is 1.63. The molecule has 0 saturated heterocycles. The second-order valence-electron chi connectivity index (χ2n) is 4.01. The van der Waals surface area contributed by atoms with E-state index < -0.39 is 6.10 Å². The highest BCUT2D eigenvalue weighted by Gasteiger charge is 2.14. The van der Waals surface area contributed by atoms with Crippen LogP contribution in [0.25, 0.3) is 0 Å². The first-order valence-electron chi connectivity index (χ1n) is 5.87. The largest absolute Gasteiger partial charge is 0.481 e. The van der Waals surface area contributed by atoms with Crippen molar-refractivity contribution < 1.29 is 13.9 Å². The van der Waals surface area contributed by atoms with Gasteiger partial charge in [-0.25, -0.2) is 0 Å². The molecular weight excluding hydrogens is 266 g/mol. The van der Waals surface area contributed by atoms with Crippen molar-refractivity contribution in [3.63, 3.8) is 0 Å². The zero-order valence-electron chi connectivity index (χ0n) is 10.4. The van der Waals surface area contributed by atoms with Crippen LogP contribution in [0.4, 0.5) is 0 Å². The normalized spacial score (nSPS) is 11.9. The van der Waals surface area contributed by atoms with Gasteiger partial charge in [0.2, 0.25) is 0 Å². The zero-order chi connectivity index (χ0) is 13.7. The average Bonchev–Trinajstić information content (AvgIpc) is 2.91. The monoisotopic (exact) mass is 279 g/mol. The van der Waals surface area contributed by atoms with Crippen LogP contribution in [-0.4, -0.2) is 12.0 Å². The molecule has 0 spiro atoms. The van der Waals surface area contributed by atoms with Gasteiger partial charge in [0, 0.05) is 5.02 Å². The van der Waals surface area contributed by atoms with E-state index in [-0.39, 0.29) is 5.91 Å². The number of hydrogen-bond acceptors (Lipinski definition) is 3. The molecule has 0 fully saturated rings. The summed E-state index contributed by atoms with van der Waals surface area (Å²) in [6, 6.07) is 10.4. The summed E-state index contributed by atoms with van der Waals surface area (Å²) < 4.78 is 10.6. The molecule has 0 bridgehead atoms. The number of halogens is 1. The Morgan fingerprint density at radius 2 is 2.11 bits per heavy atom. The molecule has 1 aromatic heterocycles. The minimum Gasteiger partial charge on any atom is -0.481 e. The Morgan fingerprint density at radius 3 is 2.74 bits per heavy atom. The Balaban J connectivity index is 1.83. The maximum Gasteiger partial charge on any atom is 0.261 e. The Morgan fingerprint density at radius 1 is 1.37 bits per heavy atom. The Hall–Kier alpha value is -1.94. The van der Waals surface area contributed by atoms with Crippen molar-refractivity contribution in [2.75, 3.05) is 0 Å². The van der Waals surface area contributed by atoms with Gasteiger partial charge in [0.25, 0.3) is 5.91 Å². The number of amides is 1. The van der Waals surface area contributed by atoms with E-state index in [0.717, 1.165) is 0 Å². The summed E-state index contributed by atoms with van der Waals surface area (Å²) in [5, 5.41) is 3.36. The molecule has 19 heavy (non-hydrogen) atoms. The maximum absolute atomic E-state index is 11.8. The maximum atomic E-state index is 11.8. The number of hydrogen-bond donors (Lipinski definition) is 1. The number of benzene rings is 1. The summed E-state index contributed by atoms with van der Waals surface area (Å²) in [6.07, 6.45) is 0.978. The summed E-state index contributed by atoms with van der Waals surface area (Å²) in [5.41, 5.74) is 0. The molecule has 0 radical (unpaired) electrons. The minimum absolute atomic E-state index is 0.202. The van der Waals surface area contributed by atoms with Gasteiger partial charge in [-0.05, 0) is 43.3 Å². The molecule has 0 aliphatic heterocycles. The highest BCUT2D eigenvalue weighted by atomic mass is 35.5. The highest BCUT2D eigenvalue weighted by Crippen LogP contribution is 2.16. The molecule has 0 aliphatic carbocycles. The van der Waals surface area contributed by atoms with Crippen molar-refractivity contribution >= 4 is 17.5 Å². The van der Waals surface area contributed by atoms with Gasteiger partial charge in [0.1, 0.15) is 11.5 Å². The smallest absolute Gasteiger partial charge is 0.261 e. The van der Waals surface area contributed by atoms with Crippen LogP contribution in [-0.2, 0) is 11.3 Å². The van der Waals surface area contributed by atoms with Gasteiger partial charge in [-0.2, -0.15) is 0 Å². The number of nitrogens with one attached hydrogen (secondary N) is 1. The Bertz CT molecular complexity index is 522. The molecule has 1 N–H and O–H groups in total. The van der Waals surface area contributed by atoms with Gasteiger partial charge in [0.05, 0.1) is 12.8 Å². The van der Waals surface area contributed by atoms with Crippen molar-refractivity contribution in [1.29, 1.82) is 0 Å². The summed E-state index contributed by atoms with van der Waals surface area (Å²) in [7, 11) is 0. The van der Waals surface area contributed by atoms with Crippen molar-refractivity contribution in [3.8, 4) is 5.75 Å². The number of furan rings is 1. The van der Waals surface area contributed by atoms with E-state index in [1.807, 2.05) is 0 Å². The van der Waals surface area contributed by atoms with Crippen LogP contribution in [0, 0.1) is 0 Å². The molecule has 2 aromatic rings. The lowest BCUT2D eigenvalue weighted by atomic mass is 10.3. The lowest BCUT2D eigenvalue weighted by Gasteiger charge is -2.14. The van der Waals surface area contributed by atoms with Gasteiger partial charge >= 0.3 is 0 Å². The van der Waals surface area contributed by atoms with Crippen LogP contribution >= 0.6 is 11.6 Å². The number of carbonyl (C=O) groups is 1. The molecular formula is C14H14ClNO3. The SMILES string of the molecule is C[C@@H](Oc1ccc(Cl)cc1)C(=O)NCc1ccco1. The van der Waals surface area contributed by atoms with Crippen molar-refractivity contribution in [1.82, 2.24) is 5.32 Å². The lowest BCUT2D eigenvalue weighted by Crippen LogP contribution is -2.35. The molecule has 0 saturated carbocycles. The summed E-state index contributed by atoms with van der Waals surface area (Å²) in [6.45, 7) is 2.03. The van der Waals surface area contributed by atoms with E-state index in [2.05, 4.69) is 5.32 Å². The predicted molar refractivity (Wildman–Crippen MR) is 72.1 cm³/mol. The highest BCUT2D eigenvalue weighted by molar-refractivity contribution is 6.30. The van der Waals surface area contributed by atoms with Crippen molar-refractivity contribution in [2.45, 2.75) is 19.6 Å². The fourth-order valence-electron chi connectivity index (χ4n) is 1.50. The first-order valence-corrected chi connectivity index (χ1v) is 6.25. The third-order valence-electron chi connectivity index (χ3n) is 2.51. The number of carbonyl (C=O) groups excluding carboxylic acids is 1.